The van der Waals surface area contributed by atoms with Crippen molar-refractivity contribution in [1.82, 2.24) is 9.55 Å². The van der Waals surface area contributed by atoms with Gasteiger partial charge in [-0.1, -0.05) is 35.0 Å². The van der Waals surface area contributed by atoms with Crippen molar-refractivity contribution in [2.75, 3.05) is 12.3 Å². The van der Waals surface area contributed by atoms with Crippen LogP contribution in [-0.2, 0) is 7.05 Å². The molecule has 0 amide bonds. The average molecular weight is 276 g/mol. The van der Waals surface area contributed by atoms with Gasteiger partial charge < -0.3 is 10.3 Å². The minimum Gasteiger partial charge on any atom is -0.330 e. The molecule has 0 atom stereocenters. The molecule has 2 aromatic rings. The van der Waals surface area contributed by atoms with E-state index in [0.717, 1.165) is 21.9 Å². The first-order valence-corrected chi connectivity index (χ1v) is 6.52. The molecular formula is C10H11Cl2N3S. The van der Waals surface area contributed by atoms with Gasteiger partial charge in [-0.15, -0.1) is 0 Å². The van der Waals surface area contributed by atoms with E-state index in [1.807, 2.05) is 17.7 Å². The molecule has 1 aromatic heterocycles. The molecule has 0 aliphatic rings. The van der Waals surface area contributed by atoms with Crippen molar-refractivity contribution in [3.05, 3.63) is 22.2 Å². The fourth-order valence-corrected chi connectivity index (χ4v) is 2.52. The Morgan fingerprint density at radius 2 is 2.06 bits per heavy atom. The second kappa shape index (κ2) is 4.84. The molecule has 0 unspecified atom stereocenters. The molecule has 0 aliphatic heterocycles. The Morgan fingerprint density at radius 3 is 2.75 bits per heavy atom. The molecule has 6 heteroatoms. The van der Waals surface area contributed by atoms with Crippen LogP contribution < -0.4 is 5.73 Å². The minimum absolute atomic E-state index is 0.530. The van der Waals surface area contributed by atoms with Gasteiger partial charge in [0.15, 0.2) is 5.16 Å². The molecular weight excluding hydrogens is 265 g/mol. The summed E-state index contributed by atoms with van der Waals surface area (Å²) in [5.74, 6) is 0.846. The molecule has 3 nitrogen and oxygen atoms in total. The quantitative estimate of drug-likeness (QED) is 0.876. The first-order chi connectivity index (χ1) is 7.63. The van der Waals surface area contributed by atoms with Gasteiger partial charge in [0.2, 0.25) is 0 Å². The molecule has 0 saturated heterocycles. The predicted octanol–water partition coefficient (Wildman–Crippen LogP) is 2.93. The van der Waals surface area contributed by atoms with Crippen LogP contribution in [0, 0.1) is 0 Å². The number of hydrogen-bond acceptors (Lipinski definition) is 3. The van der Waals surface area contributed by atoms with Crippen LogP contribution in [0.1, 0.15) is 0 Å². The molecule has 0 spiro atoms. The molecule has 0 bridgehead atoms. The Morgan fingerprint density at radius 1 is 1.38 bits per heavy atom. The van der Waals surface area contributed by atoms with Crippen molar-refractivity contribution in [3.8, 4) is 0 Å². The third-order valence-electron chi connectivity index (χ3n) is 2.23. The highest BCUT2D eigenvalue weighted by Gasteiger charge is 2.10. The zero-order chi connectivity index (χ0) is 11.7. The molecule has 0 fully saturated rings. The largest absolute Gasteiger partial charge is 0.330 e. The summed E-state index contributed by atoms with van der Waals surface area (Å²) in [4.78, 5) is 4.48. The van der Waals surface area contributed by atoms with Crippen molar-refractivity contribution in [3.63, 3.8) is 0 Å². The predicted molar refractivity (Wildman–Crippen MR) is 70.5 cm³/mol. The van der Waals surface area contributed by atoms with E-state index in [0.29, 0.717) is 16.6 Å². The first kappa shape index (κ1) is 12.0. The van der Waals surface area contributed by atoms with E-state index >= 15 is 0 Å². The molecule has 2 N–H and O–H groups in total. The van der Waals surface area contributed by atoms with Crippen LogP contribution in [0.4, 0.5) is 0 Å². The summed E-state index contributed by atoms with van der Waals surface area (Å²) in [6, 6.07) is 3.62. The van der Waals surface area contributed by atoms with Gasteiger partial charge in [-0.2, -0.15) is 0 Å². The second-order valence-electron chi connectivity index (χ2n) is 3.35. The number of nitrogens with zero attached hydrogens (tertiary/aromatic N) is 2. The van der Waals surface area contributed by atoms with E-state index < -0.39 is 0 Å². The van der Waals surface area contributed by atoms with Gasteiger partial charge in [0.05, 0.1) is 21.1 Å². The summed E-state index contributed by atoms with van der Waals surface area (Å²) in [6.07, 6.45) is 0. The van der Waals surface area contributed by atoms with Crippen molar-refractivity contribution < 1.29 is 0 Å². The topological polar surface area (TPSA) is 43.8 Å². The minimum atomic E-state index is 0.530. The molecule has 86 valence electrons. The maximum Gasteiger partial charge on any atom is 0.168 e. The van der Waals surface area contributed by atoms with Crippen molar-refractivity contribution in [2.24, 2.45) is 12.8 Å². The lowest BCUT2D eigenvalue weighted by molar-refractivity contribution is 0.814. The SMILES string of the molecule is Cn1c(SCCN)nc2cc(Cl)c(Cl)cc21. The first-order valence-electron chi connectivity index (χ1n) is 4.78. The van der Waals surface area contributed by atoms with Gasteiger partial charge in [-0.3, -0.25) is 0 Å². The van der Waals surface area contributed by atoms with Crippen LogP contribution in [0.5, 0.6) is 0 Å². The Labute approximate surface area is 108 Å². The molecule has 0 saturated carbocycles. The van der Waals surface area contributed by atoms with E-state index in [1.165, 1.54) is 0 Å². The number of hydrogen-bond donors (Lipinski definition) is 1. The molecule has 2 rings (SSSR count). The summed E-state index contributed by atoms with van der Waals surface area (Å²) in [5, 5.41) is 2.01. The van der Waals surface area contributed by atoms with Gasteiger partial charge >= 0.3 is 0 Å². The standard InChI is InChI=1S/C10H11Cl2N3S/c1-15-9-5-7(12)6(11)4-8(9)14-10(15)16-3-2-13/h4-5H,2-3,13H2,1H3. The number of rotatable bonds is 3. The van der Waals surface area contributed by atoms with Gasteiger partial charge in [-0.25, -0.2) is 4.98 Å². The van der Waals surface area contributed by atoms with Crippen LogP contribution in [0.15, 0.2) is 17.3 Å². The van der Waals surface area contributed by atoms with Gasteiger partial charge in [0, 0.05) is 19.3 Å². The number of fused-ring (bicyclic) bond motifs is 1. The average Bonchev–Trinajstić information content (AvgIpc) is 2.54. The Hall–Kier alpha value is -0.420. The Bertz CT molecular complexity index is 524. The monoisotopic (exact) mass is 275 g/mol. The van der Waals surface area contributed by atoms with Crippen LogP contribution in [-0.4, -0.2) is 21.8 Å². The van der Waals surface area contributed by atoms with E-state index in [2.05, 4.69) is 4.98 Å². The third-order valence-corrected chi connectivity index (χ3v) is 4.02. The summed E-state index contributed by atoms with van der Waals surface area (Å²) in [5.41, 5.74) is 7.31. The normalized spacial score (nSPS) is 11.2. The molecule has 0 aliphatic carbocycles. The zero-order valence-electron chi connectivity index (χ0n) is 8.70. The molecule has 1 heterocycles. The smallest absolute Gasteiger partial charge is 0.168 e. The zero-order valence-corrected chi connectivity index (χ0v) is 11.0. The van der Waals surface area contributed by atoms with Crippen molar-refractivity contribution in [2.45, 2.75) is 5.16 Å². The maximum atomic E-state index is 5.97. The fraction of sp³-hybridized carbons (Fsp3) is 0.300. The number of aryl methyl sites for hydroxylation is 1. The fourth-order valence-electron chi connectivity index (χ4n) is 1.44. The Balaban J connectivity index is 2.50. The third kappa shape index (κ3) is 2.15. The number of aromatic nitrogens is 2. The van der Waals surface area contributed by atoms with Crippen LogP contribution >= 0.6 is 35.0 Å². The summed E-state index contributed by atoms with van der Waals surface area (Å²) in [7, 11) is 1.96. The summed E-state index contributed by atoms with van der Waals surface area (Å²) in [6.45, 7) is 0.634. The molecule has 16 heavy (non-hydrogen) atoms. The van der Waals surface area contributed by atoms with E-state index in [1.54, 1.807) is 17.8 Å². The van der Waals surface area contributed by atoms with E-state index in [9.17, 15) is 0 Å². The number of imidazole rings is 1. The Kier molecular flexibility index (Phi) is 3.64. The highest BCUT2D eigenvalue weighted by molar-refractivity contribution is 7.99. The van der Waals surface area contributed by atoms with Crippen LogP contribution in [0.25, 0.3) is 11.0 Å². The highest BCUT2D eigenvalue weighted by atomic mass is 35.5. The number of thioether (sulfide) groups is 1. The lowest BCUT2D eigenvalue weighted by atomic mass is 10.3. The van der Waals surface area contributed by atoms with Gasteiger partial charge in [0.1, 0.15) is 0 Å². The lowest BCUT2D eigenvalue weighted by Gasteiger charge is -2.00. The van der Waals surface area contributed by atoms with Gasteiger partial charge in [0.25, 0.3) is 0 Å². The second-order valence-corrected chi connectivity index (χ2v) is 5.22. The number of halogens is 2. The van der Waals surface area contributed by atoms with Crippen LogP contribution in [0.2, 0.25) is 10.0 Å². The molecule has 1 aromatic carbocycles. The lowest BCUT2D eigenvalue weighted by Crippen LogP contribution is -2.02. The van der Waals surface area contributed by atoms with E-state index in [-0.39, 0.29) is 0 Å². The highest BCUT2D eigenvalue weighted by Crippen LogP contribution is 2.30. The van der Waals surface area contributed by atoms with Crippen LogP contribution in [0.3, 0.4) is 0 Å². The number of nitrogens with two attached hydrogens (primary N) is 1. The summed E-state index contributed by atoms with van der Waals surface area (Å²) < 4.78 is 2.00. The van der Waals surface area contributed by atoms with E-state index in [4.69, 9.17) is 28.9 Å². The van der Waals surface area contributed by atoms with Crippen molar-refractivity contribution >= 4 is 46.0 Å². The number of benzene rings is 1. The van der Waals surface area contributed by atoms with Gasteiger partial charge in [-0.05, 0) is 12.1 Å². The maximum absolute atomic E-state index is 5.97. The molecule has 0 radical (unpaired) electrons. The summed E-state index contributed by atoms with van der Waals surface area (Å²) >= 11 is 13.5. The van der Waals surface area contributed by atoms with Crippen molar-refractivity contribution in [1.29, 1.82) is 0 Å².